The first kappa shape index (κ1) is 9.79. The van der Waals surface area contributed by atoms with Crippen LogP contribution in [0.4, 0.5) is 0 Å². The number of H-pyrrole nitrogens is 1. The number of rotatable bonds is 1. The normalized spacial score (nSPS) is 10.5. The Balaban J connectivity index is 2.89. The number of Topliss-reactive ketones (excluding diaryl/α,β-unsaturated/α-hetero) is 1. The number of halogens is 1. The summed E-state index contributed by atoms with van der Waals surface area (Å²) in [5.41, 5.74) is 0.218. The number of hydrogen-bond acceptors (Lipinski definition) is 4. The molecule has 2 aromatic rings. The maximum Gasteiger partial charge on any atom is 0.223 e. The zero-order valence-electron chi connectivity index (χ0n) is 7.74. The Morgan fingerprint density at radius 1 is 1.53 bits per heavy atom. The van der Waals surface area contributed by atoms with Gasteiger partial charge in [-0.1, -0.05) is 0 Å². The van der Waals surface area contributed by atoms with E-state index in [9.17, 15) is 9.59 Å². The van der Waals surface area contributed by atoms with Gasteiger partial charge in [-0.2, -0.15) is 0 Å². The van der Waals surface area contributed by atoms with Crippen molar-refractivity contribution in [2.45, 2.75) is 6.92 Å². The highest BCUT2D eigenvalue weighted by Gasteiger charge is 2.10. The largest absolute Gasteiger partial charge is 0.358 e. The Morgan fingerprint density at radius 2 is 2.27 bits per heavy atom. The van der Waals surface area contributed by atoms with Gasteiger partial charge in [0.2, 0.25) is 10.7 Å². The highest BCUT2D eigenvalue weighted by atomic mass is 35.5. The Hall–Kier alpha value is -1.75. The molecule has 6 heteroatoms. The van der Waals surface area contributed by atoms with Gasteiger partial charge in [-0.05, 0) is 18.5 Å². The lowest BCUT2D eigenvalue weighted by molar-refractivity contribution is 0.101. The van der Waals surface area contributed by atoms with Gasteiger partial charge in [0.1, 0.15) is 5.52 Å². The molecule has 0 aliphatic rings. The third-order valence-electron chi connectivity index (χ3n) is 1.97. The standard InChI is InChI=1S/C9H6ClN3O2/c1-4(14)5-2-11-6-3-12-9(10)13-7(6)8(5)15/h2-3H,1H3,(H,11,15). The molecule has 0 aliphatic heterocycles. The van der Waals surface area contributed by atoms with E-state index in [1.165, 1.54) is 19.3 Å². The summed E-state index contributed by atoms with van der Waals surface area (Å²) in [4.78, 5) is 33.1. The van der Waals surface area contributed by atoms with Gasteiger partial charge >= 0.3 is 0 Å². The Morgan fingerprint density at radius 3 is 2.93 bits per heavy atom. The van der Waals surface area contributed by atoms with E-state index in [4.69, 9.17) is 11.6 Å². The van der Waals surface area contributed by atoms with Crippen LogP contribution in [0.5, 0.6) is 0 Å². The molecule has 0 amide bonds. The van der Waals surface area contributed by atoms with Crippen molar-refractivity contribution in [3.63, 3.8) is 0 Å². The second-order valence-electron chi connectivity index (χ2n) is 2.99. The van der Waals surface area contributed by atoms with Crippen LogP contribution in [0.25, 0.3) is 11.0 Å². The van der Waals surface area contributed by atoms with Gasteiger partial charge in [0, 0.05) is 6.20 Å². The minimum absolute atomic E-state index is 0.0197. The van der Waals surface area contributed by atoms with Crippen molar-refractivity contribution in [2.24, 2.45) is 0 Å². The fourth-order valence-electron chi connectivity index (χ4n) is 1.24. The van der Waals surface area contributed by atoms with Crippen LogP contribution in [-0.4, -0.2) is 20.7 Å². The van der Waals surface area contributed by atoms with Crippen LogP contribution < -0.4 is 5.43 Å². The van der Waals surface area contributed by atoms with Gasteiger partial charge in [0.25, 0.3) is 0 Å². The summed E-state index contributed by atoms with van der Waals surface area (Å²) in [6, 6.07) is 0. The average molecular weight is 224 g/mol. The predicted octanol–water partition coefficient (Wildman–Crippen LogP) is 1.17. The van der Waals surface area contributed by atoms with Gasteiger partial charge in [-0.15, -0.1) is 0 Å². The summed E-state index contributed by atoms with van der Waals surface area (Å²) < 4.78 is 0. The predicted molar refractivity (Wildman–Crippen MR) is 55.2 cm³/mol. The molecule has 0 fully saturated rings. The van der Waals surface area contributed by atoms with Crippen molar-refractivity contribution in [2.75, 3.05) is 0 Å². The molecular weight excluding hydrogens is 218 g/mol. The minimum Gasteiger partial charge on any atom is -0.358 e. The van der Waals surface area contributed by atoms with E-state index >= 15 is 0 Å². The van der Waals surface area contributed by atoms with Crippen molar-refractivity contribution in [1.29, 1.82) is 0 Å². The second-order valence-corrected chi connectivity index (χ2v) is 3.33. The van der Waals surface area contributed by atoms with Crippen LogP contribution in [0.1, 0.15) is 17.3 Å². The molecule has 2 aromatic heterocycles. The molecule has 2 heterocycles. The van der Waals surface area contributed by atoms with E-state index < -0.39 is 5.43 Å². The highest BCUT2D eigenvalue weighted by molar-refractivity contribution is 6.28. The van der Waals surface area contributed by atoms with E-state index in [0.29, 0.717) is 5.52 Å². The molecule has 5 nitrogen and oxygen atoms in total. The number of carbonyl (C=O) groups excluding carboxylic acids is 1. The summed E-state index contributed by atoms with van der Waals surface area (Å²) >= 11 is 5.56. The molecule has 0 atom stereocenters. The fraction of sp³-hybridized carbons (Fsp3) is 0.111. The quantitative estimate of drug-likeness (QED) is 0.582. The molecule has 1 N–H and O–H groups in total. The number of ketones is 1. The maximum atomic E-state index is 11.7. The number of hydrogen-bond donors (Lipinski definition) is 1. The number of fused-ring (bicyclic) bond motifs is 1. The summed E-state index contributed by atoms with van der Waals surface area (Å²) in [5.74, 6) is -0.312. The lowest BCUT2D eigenvalue weighted by Gasteiger charge is -1.98. The Labute approximate surface area is 89.1 Å². The molecular formula is C9H6ClN3O2. The molecule has 0 saturated heterocycles. The van der Waals surface area contributed by atoms with E-state index in [1.807, 2.05) is 0 Å². The molecule has 0 spiro atoms. The minimum atomic E-state index is -0.430. The molecule has 0 aliphatic carbocycles. The zero-order valence-corrected chi connectivity index (χ0v) is 8.50. The van der Waals surface area contributed by atoms with Crippen LogP contribution in [0.2, 0.25) is 5.28 Å². The number of aromatic amines is 1. The van der Waals surface area contributed by atoms with Gasteiger partial charge < -0.3 is 4.98 Å². The summed E-state index contributed by atoms with van der Waals surface area (Å²) in [7, 11) is 0. The monoisotopic (exact) mass is 223 g/mol. The first-order valence-electron chi connectivity index (χ1n) is 4.14. The average Bonchev–Trinajstić information content (AvgIpc) is 2.19. The first-order valence-corrected chi connectivity index (χ1v) is 4.52. The van der Waals surface area contributed by atoms with Gasteiger partial charge in [0.05, 0.1) is 17.3 Å². The zero-order chi connectivity index (χ0) is 11.0. The number of nitrogens with zero attached hydrogens (tertiary/aromatic N) is 2. The SMILES string of the molecule is CC(=O)c1c[nH]c2cnc(Cl)nc2c1=O. The molecule has 15 heavy (non-hydrogen) atoms. The van der Waals surface area contributed by atoms with Crippen molar-refractivity contribution in [3.8, 4) is 0 Å². The first-order chi connectivity index (χ1) is 7.09. The summed E-state index contributed by atoms with van der Waals surface area (Å²) in [6.07, 6.45) is 2.75. The number of carbonyl (C=O) groups is 1. The number of aromatic nitrogens is 3. The molecule has 0 unspecified atom stereocenters. The lowest BCUT2D eigenvalue weighted by atomic mass is 10.2. The molecule has 0 saturated carbocycles. The lowest BCUT2D eigenvalue weighted by Crippen LogP contribution is -2.15. The molecule has 76 valence electrons. The Bertz CT molecular complexity index is 606. The van der Waals surface area contributed by atoms with Crippen molar-refractivity contribution in [1.82, 2.24) is 15.0 Å². The van der Waals surface area contributed by atoms with Crippen LogP contribution in [0.15, 0.2) is 17.2 Å². The van der Waals surface area contributed by atoms with Crippen molar-refractivity contribution in [3.05, 3.63) is 33.5 Å². The van der Waals surface area contributed by atoms with Crippen molar-refractivity contribution >= 4 is 28.4 Å². The van der Waals surface area contributed by atoms with Gasteiger partial charge in [-0.25, -0.2) is 9.97 Å². The van der Waals surface area contributed by atoms with Gasteiger partial charge in [-0.3, -0.25) is 9.59 Å². The van der Waals surface area contributed by atoms with Crippen LogP contribution in [0.3, 0.4) is 0 Å². The smallest absolute Gasteiger partial charge is 0.223 e. The van der Waals surface area contributed by atoms with E-state index in [1.54, 1.807) is 0 Å². The Kier molecular flexibility index (Phi) is 2.24. The number of pyridine rings is 1. The maximum absolute atomic E-state index is 11.7. The molecule has 0 radical (unpaired) electrons. The molecule has 2 rings (SSSR count). The summed E-state index contributed by atoms with van der Waals surface area (Å²) in [6.45, 7) is 1.32. The van der Waals surface area contributed by atoms with Crippen LogP contribution in [0, 0.1) is 0 Å². The summed E-state index contributed by atoms with van der Waals surface area (Å²) in [5, 5.41) is -0.0197. The number of nitrogens with one attached hydrogen (secondary N) is 1. The van der Waals surface area contributed by atoms with E-state index in [0.717, 1.165) is 0 Å². The van der Waals surface area contributed by atoms with E-state index in [-0.39, 0.29) is 22.1 Å². The van der Waals surface area contributed by atoms with Crippen molar-refractivity contribution < 1.29 is 4.79 Å². The van der Waals surface area contributed by atoms with Crippen LogP contribution in [-0.2, 0) is 0 Å². The third-order valence-corrected chi connectivity index (χ3v) is 2.15. The van der Waals surface area contributed by atoms with Gasteiger partial charge in [0.15, 0.2) is 5.78 Å². The topological polar surface area (TPSA) is 75.7 Å². The second kappa shape index (κ2) is 3.43. The molecule has 0 bridgehead atoms. The fourth-order valence-corrected chi connectivity index (χ4v) is 1.38. The third kappa shape index (κ3) is 1.61. The molecule has 0 aromatic carbocycles. The highest BCUT2D eigenvalue weighted by Crippen LogP contribution is 2.07. The van der Waals surface area contributed by atoms with E-state index in [2.05, 4.69) is 15.0 Å². The van der Waals surface area contributed by atoms with Crippen LogP contribution >= 0.6 is 11.6 Å².